The molecule has 3 rings (SSSR count). The topological polar surface area (TPSA) is 59.3 Å². The summed E-state index contributed by atoms with van der Waals surface area (Å²) in [4.78, 5) is 16.0. The Morgan fingerprint density at radius 2 is 1.88 bits per heavy atom. The maximum Gasteiger partial charge on any atom is 0.271 e. The normalized spacial score (nSPS) is 11.1. The Morgan fingerprint density at radius 3 is 2.58 bits per heavy atom. The van der Waals surface area contributed by atoms with E-state index in [0.29, 0.717) is 5.56 Å². The van der Waals surface area contributed by atoms with Gasteiger partial charge in [-0.25, -0.2) is 5.43 Å². The molecule has 26 heavy (non-hydrogen) atoms. The first kappa shape index (κ1) is 18.1. The van der Waals surface area contributed by atoms with E-state index >= 15 is 0 Å². The van der Waals surface area contributed by atoms with Crippen molar-refractivity contribution in [2.45, 2.75) is 20.8 Å². The maximum atomic E-state index is 12.1. The summed E-state index contributed by atoms with van der Waals surface area (Å²) in [6.07, 6.45) is 4.81. The van der Waals surface area contributed by atoms with E-state index in [9.17, 15) is 4.79 Å². The standard InChI is InChI=1S/C20H19BrN4O/c1-13-5-4-6-17(11-13)25-14(2)18(19(21)15(25)3)12-23-24-20(26)16-7-9-22-10-8-16/h4-12H,1-3H3,(H,24,26)/b23-12-. The number of pyridine rings is 1. The number of halogens is 1. The SMILES string of the molecule is Cc1cccc(-n2c(C)c(Br)c(/C=N\NC(=O)c3ccncc3)c2C)c1. The van der Waals surface area contributed by atoms with Crippen molar-refractivity contribution in [3.8, 4) is 5.69 Å². The first-order valence-corrected chi connectivity index (χ1v) is 8.96. The van der Waals surface area contributed by atoms with Gasteiger partial charge in [0.05, 0.1) is 6.21 Å². The minimum atomic E-state index is -0.271. The fourth-order valence-corrected chi connectivity index (χ4v) is 3.42. The molecule has 1 aromatic carbocycles. The molecule has 2 aromatic heterocycles. The van der Waals surface area contributed by atoms with E-state index in [4.69, 9.17) is 0 Å². The molecule has 6 heteroatoms. The molecule has 5 nitrogen and oxygen atoms in total. The second-order valence-corrected chi connectivity index (χ2v) is 6.80. The van der Waals surface area contributed by atoms with E-state index in [1.54, 1.807) is 30.7 Å². The van der Waals surface area contributed by atoms with E-state index in [1.165, 1.54) is 5.56 Å². The van der Waals surface area contributed by atoms with Gasteiger partial charge < -0.3 is 4.57 Å². The molecule has 3 aromatic rings. The summed E-state index contributed by atoms with van der Waals surface area (Å²) in [5.74, 6) is -0.271. The minimum absolute atomic E-state index is 0.271. The minimum Gasteiger partial charge on any atom is -0.317 e. The van der Waals surface area contributed by atoms with Crippen molar-refractivity contribution in [3.63, 3.8) is 0 Å². The smallest absolute Gasteiger partial charge is 0.271 e. The highest BCUT2D eigenvalue weighted by Gasteiger charge is 2.15. The van der Waals surface area contributed by atoms with Crippen LogP contribution in [-0.4, -0.2) is 21.7 Å². The third-order valence-electron chi connectivity index (χ3n) is 4.18. The third kappa shape index (κ3) is 3.60. The van der Waals surface area contributed by atoms with E-state index in [2.05, 4.69) is 61.1 Å². The summed E-state index contributed by atoms with van der Waals surface area (Å²) in [5.41, 5.74) is 8.42. The lowest BCUT2D eigenvalue weighted by Gasteiger charge is -2.10. The number of rotatable bonds is 4. The molecule has 0 unspecified atom stereocenters. The van der Waals surface area contributed by atoms with Crippen LogP contribution < -0.4 is 5.43 Å². The summed E-state index contributed by atoms with van der Waals surface area (Å²) in [6.45, 7) is 6.15. The Hall–Kier alpha value is -2.73. The number of hydrogen-bond acceptors (Lipinski definition) is 3. The molecule has 2 heterocycles. The zero-order valence-corrected chi connectivity index (χ0v) is 16.4. The Kier molecular flexibility index (Phi) is 5.32. The van der Waals surface area contributed by atoms with Gasteiger partial charge in [-0.3, -0.25) is 9.78 Å². The van der Waals surface area contributed by atoms with Gasteiger partial charge in [0.1, 0.15) is 0 Å². The third-order valence-corrected chi connectivity index (χ3v) is 5.18. The number of amides is 1. The predicted molar refractivity (Wildman–Crippen MR) is 107 cm³/mol. The summed E-state index contributed by atoms with van der Waals surface area (Å²) in [6, 6.07) is 11.6. The van der Waals surface area contributed by atoms with E-state index in [0.717, 1.165) is 27.1 Å². The number of hydrazone groups is 1. The summed E-state index contributed by atoms with van der Waals surface area (Å²) >= 11 is 3.65. The molecule has 0 bridgehead atoms. The fourth-order valence-electron chi connectivity index (χ4n) is 2.85. The number of nitrogens with zero attached hydrogens (tertiary/aromatic N) is 3. The van der Waals surface area contributed by atoms with E-state index in [-0.39, 0.29) is 5.91 Å². The number of carbonyl (C=O) groups is 1. The number of aryl methyl sites for hydroxylation is 1. The van der Waals surface area contributed by atoms with Crippen molar-refractivity contribution in [1.82, 2.24) is 15.0 Å². The second kappa shape index (κ2) is 7.66. The molecule has 0 fully saturated rings. The molecule has 0 atom stereocenters. The van der Waals surface area contributed by atoms with Crippen LogP contribution >= 0.6 is 15.9 Å². The van der Waals surface area contributed by atoms with Crippen LogP contribution in [0.2, 0.25) is 0 Å². The fraction of sp³-hybridized carbons (Fsp3) is 0.150. The Bertz CT molecular complexity index is 977. The molecule has 0 saturated heterocycles. The van der Waals surface area contributed by atoms with Crippen LogP contribution in [0.25, 0.3) is 5.69 Å². The van der Waals surface area contributed by atoms with Crippen LogP contribution in [0.5, 0.6) is 0 Å². The largest absolute Gasteiger partial charge is 0.317 e. The lowest BCUT2D eigenvalue weighted by atomic mass is 10.2. The van der Waals surface area contributed by atoms with Crippen molar-refractivity contribution in [2.75, 3.05) is 0 Å². The molecule has 132 valence electrons. The predicted octanol–water partition coefficient (Wildman–Crippen LogP) is 4.32. The molecule has 0 aliphatic rings. The summed E-state index contributed by atoms with van der Waals surface area (Å²) < 4.78 is 3.13. The number of nitrogens with one attached hydrogen (secondary N) is 1. The molecule has 0 radical (unpaired) electrons. The van der Waals surface area contributed by atoms with Crippen molar-refractivity contribution >= 4 is 28.1 Å². The molecule has 0 spiro atoms. The van der Waals surface area contributed by atoms with Gasteiger partial charge in [-0.1, -0.05) is 12.1 Å². The highest BCUT2D eigenvalue weighted by molar-refractivity contribution is 9.10. The molecular formula is C20H19BrN4O. The van der Waals surface area contributed by atoms with Crippen LogP contribution in [0.3, 0.4) is 0 Å². The number of aromatic nitrogens is 2. The molecule has 0 saturated carbocycles. The van der Waals surface area contributed by atoms with E-state index < -0.39 is 0 Å². The van der Waals surface area contributed by atoms with Crippen LogP contribution in [0.1, 0.15) is 32.9 Å². The lowest BCUT2D eigenvalue weighted by Crippen LogP contribution is -2.17. The van der Waals surface area contributed by atoms with Crippen molar-refractivity contribution in [3.05, 3.63) is 81.3 Å². The summed E-state index contributed by atoms with van der Waals surface area (Å²) in [7, 11) is 0. The van der Waals surface area contributed by atoms with E-state index in [1.807, 2.05) is 19.9 Å². The van der Waals surface area contributed by atoms with Gasteiger partial charge in [0, 0.05) is 45.1 Å². The van der Waals surface area contributed by atoms with Crippen molar-refractivity contribution in [1.29, 1.82) is 0 Å². The van der Waals surface area contributed by atoms with Gasteiger partial charge in [-0.2, -0.15) is 5.10 Å². The monoisotopic (exact) mass is 410 g/mol. The number of benzene rings is 1. The van der Waals surface area contributed by atoms with Crippen LogP contribution in [0, 0.1) is 20.8 Å². The average molecular weight is 411 g/mol. The van der Waals surface area contributed by atoms with Gasteiger partial charge in [0.15, 0.2) is 0 Å². The highest BCUT2D eigenvalue weighted by atomic mass is 79.9. The Balaban J connectivity index is 1.87. The lowest BCUT2D eigenvalue weighted by molar-refractivity contribution is 0.0955. The molecule has 0 aliphatic heterocycles. The number of hydrogen-bond donors (Lipinski definition) is 1. The van der Waals surface area contributed by atoms with Gasteiger partial charge in [-0.05, 0) is 66.5 Å². The van der Waals surface area contributed by atoms with Crippen LogP contribution in [0.15, 0.2) is 58.4 Å². The average Bonchev–Trinajstić information content (AvgIpc) is 2.85. The molecule has 1 N–H and O–H groups in total. The van der Waals surface area contributed by atoms with Gasteiger partial charge >= 0.3 is 0 Å². The molecule has 0 aliphatic carbocycles. The van der Waals surface area contributed by atoms with Crippen molar-refractivity contribution in [2.24, 2.45) is 5.10 Å². The molecule has 1 amide bonds. The van der Waals surface area contributed by atoms with Gasteiger partial charge in [0.2, 0.25) is 0 Å². The van der Waals surface area contributed by atoms with Gasteiger partial charge in [-0.15, -0.1) is 0 Å². The Morgan fingerprint density at radius 1 is 1.15 bits per heavy atom. The van der Waals surface area contributed by atoms with Crippen molar-refractivity contribution < 1.29 is 4.79 Å². The number of carbonyl (C=O) groups excluding carboxylic acids is 1. The quantitative estimate of drug-likeness (QED) is 0.514. The van der Waals surface area contributed by atoms with Gasteiger partial charge in [0.25, 0.3) is 5.91 Å². The van der Waals surface area contributed by atoms with Crippen LogP contribution in [-0.2, 0) is 0 Å². The Labute approximate surface area is 160 Å². The molecular weight excluding hydrogens is 392 g/mol. The zero-order valence-electron chi connectivity index (χ0n) is 14.8. The first-order valence-electron chi connectivity index (χ1n) is 8.17. The summed E-state index contributed by atoms with van der Waals surface area (Å²) in [5, 5.41) is 4.12. The highest BCUT2D eigenvalue weighted by Crippen LogP contribution is 2.29. The zero-order chi connectivity index (χ0) is 18.7. The maximum absolute atomic E-state index is 12.1. The van der Waals surface area contributed by atoms with Crippen LogP contribution in [0.4, 0.5) is 0 Å². The second-order valence-electron chi connectivity index (χ2n) is 6.01. The first-order chi connectivity index (χ1) is 12.5.